The van der Waals surface area contributed by atoms with Gasteiger partial charge in [0.25, 0.3) is 0 Å². The van der Waals surface area contributed by atoms with Crippen molar-refractivity contribution < 1.29 is 9.18 Å². The summed E-state index contributed by atoms with van der Waals surface area (Å²) in [4.78, 5) is 26.4. The van der Waals surface area contributed by atoms with E-state index < -0.39 is 0 Å². The van der Waals surface area contributed by atoms with E-state index in [9.17, 15) is 9.18 Å². The second-order valence-electron chi connectivity index (χ2n) is 7.96. The molecule has 0 bridgehead atoms. The number of hydrogen-bond donors (Lipinski definition) is 2. The number of fused-ring (bicyclic) bond motifs is 2. The highest BCUT2D eigenvalue weighted by molar-refractivity contribution is 5.90. The van der Waals surface area contributed by atoms with E-state index in [1.165, 1.54) is 11.6 Å². The minimum atomic E-state index is -0.291. The molecular weight excluding hydrogens is 367 g/mol. The number of aromatic amines is 2. The molecule has 148 valence electrons. The third kappa shape index (κ3) is 2.99. The number of halogens is 1. The summed E-state index contributed by atoms with van der Waals surface area (Å²) in [6, 6.07) is 11.1. The van der Waals surface area contributed by atoms with Crippen molar-refractivity contribution in [1.29, 1.82) is 0 Å². The first-order chi connectivity index (χ1) is 14.0. The van der Waals surface area contributed by atoms with Gasteiger partial charge in [-0.05, 0) is 56.0 Å². The normalized spacial score (nSPS) is 16.9. The van der Waals surface area contributed by atoms with Gasteiger partial charge in [-0.1, -0.05) is 18.2 Å². The molecule has 4 aromatic rings. The van der Waals surface area contributed by atoms with E-state index in [0.29, 0.717) is 5.52 Å². The van der Waals surface area contributed by atoms with Crippen LogP contribution in [0.25, 0.3) is 21.9 Å². The van der Waals surface area contributed by atoms with Crippen LogP contribution in [0.3, 0.4) is 0 Å². The molecule has 0 spiro atoms. The largest absolute Gasteiger partial charge is 0.356 e. The minimum absolute atomic E-state index is 0.0440. The van der Waals surface area contributed by atoms with Crippen molar-refractivity contribution in [1.82, 2.24) is 19.9 Å². The summed E-state index contributed by atoms with van der Waals surface area (Å²) in [5, 5.41) is 0.783. The Kier molecular flexibility index (Phi) is 4.15. The lowest BCUT2D eigenvalue weighted by Crippen LogP contribution is -2.32. The number of H-pyrrole nitrogens is 2. The van der Waals surface area contributed by atoms with Gasteiger partial charge in [0.15, 0.2) is 0 Å². The van der Waals surface area contributed by atoms with Crippen molar-refractivity contribution in [3.05, 3.63) is 64.9 Å². The highest BCUT2D eigenvalue weighted by Gasteiger charge is 2.32. The van der Waals surface area contributed by atoms with Crippen LogP contribution in [-0.4, -0.2) is 32.3 Å². The summed E-state index contributed by atoms with van der Waals surface area (Å²) in [7, 11) is 0. The molecule has 3 heterocycles. The molecule has 2 aromatic carbocycles. The highest BCUT2D eigenvalue weighted by atomic mass is 19.1. The Balaban J connectivity index is 1.44. The molecule has 6 heteroatoms. The number of nitrogens with one attached hydrogen (secondary N) is 2. The van der Waals surface area contributed by atoms with Crippen LogP contribution >= 0.6 is 0 Å². The summed E-state index contributed by atoms with van der Waals surface area (Å²) in [6.07, 6.45) is 2.10. The molecule has 0 unspecified atom stereocenters. The molecule has 5 rings (SSSR count). The van der Waals surface area contributed by atoms with Crippen molar-refractivity contribution in [3.8, 4) is 0 Å². The van der Waals surface area contributed by atoms with Crippen molar-refractivity contribution >= 4 is 27.8 Å². The van der Waals surface area contributed by atoms with Crippen LogP contribution in [0.4, 0.5) is 4.39 Å². The predicted molar refractivity (Wildman–Crippen MR) is 111 cm³/mol. The number of rotatable bonds is 3. The summed E-state index contributed by atoms with van der Waals surface area (Å²) in [5.74, 6) is 0.608. The lowest BCUT2D eigenvalue weighted by atomic mass is 10.1. The van der Waals surface area contributed by atoms with Gasteiger partial charge < -0.3 is 14.9 Å². The van der Waals surface area contributed by atoms with Gasteiger partial charge in [-0.2, -0.15) is 0 Å². The van der Waals surface area contributed by atoms with E-state index in [0.717, 1.165) is 52.9 Å². The van der Waals surface area contributed by atoms with E-state index in [1.807, 2.05) is 30.0 Å². The van der Waals surface area contributed by atoms with Crippen LogP contribution in [0.15, 0.2) is 36.4 Å². The highest BCUT2D eigenvalue weighted by Crippen LogP contribution is 2.33. The molecule has 1 fully saturated rings. The molecule has 1 amide bonds. The number of hydrogen-bond acceptors (Lipinski definition) is 2. The van der Waals surface area contributed by atoms with E-state index in [2.05, 4.69) is 23.0 Å². The molecule has 1 aliphatic heterocycles. The Morgan fingerprint density at radius 3 is 2.97 bits per heavy atom. The summed E-state index contributed by atoms with van der Waals surface area (Å²) in [5.41, 5.74) is 5.28. The van der Waals surface area contributed by atoms with Gasteiger partial charge in [0.2, 0.25) is 5.91 Å². The van der Waals surface area contributed by atoms with Crippen molar-refractivity contribution in [2.24, 2.45) is 0 Å². The topological polar surface area (TPSA) is 64.8 Å². The van der Waals surface area contributed by atoms with Crippen LogP contribution in [-0.2, 0) is 11.2 Å². The van der Waals surface area contributed by atoms with Gasteiger partial charge in [0.05, 0.1) is 29.0 Å². The number of para-hydroxylation sites is 1. The zero-order chi connectivity index (χ0) is 20.1. The van der Waals surface area contributed by atoms with Crippen LogP contribution < -0.4 is 0 Å². The van der Waals surface area contributed by atoms with E-state index in [4.69, 9.17) is 4.98 Å². The third-order valence-corrected chi connectivity index (χ3v) is 5.98. The van der Waals surface area contributed by atoms with Crippen molar-refractivity contribution in [2.75, 3.05) is 6.54 Å². The zero-order valence-corrected chi connectivity index (χ0v) is 16.6. The summed E-state index contributed by atoms with van der Waals surface area (Å²) < 4.78 is 14.1. The van der Waals surface area contributed by atoms with E-state index >= 15 is 0 Å². The molecule has 29 heavy (non-hydrogen) atoms. The smallest absolute Gasteiger partial charge is 0.227 e. The maximum atomic E-state index is 14.1. The lowest BCUT2D eigenvalue weighted by molar-refractivity contribution is -0.131. The molecular formula is C23H23FN4O. The molecule has 2 aromatic heterocycles. The SMILES string of the molecule is Cc1ccc2nc([C@H]3CCCN3C(=O)Cc3c(C)[nH]c4c(F)cccc34)[nH]c2c1. The Bertz CT molecular complexity index is 1240. The number of aryl methyl sites for hydroxylation is 2. The maximum Gasteiger partial charge on any atom is 0.227 e. The van der Waals surface area contributed by atoms with Gasteiger partial charge in [0.1, 0.15) is 11.6 Å². The Labute approximate surface area is 167 Å². The van der Waals surface area contributed by atoms with Crippen molar-refractivity contribution in [3.63, 3.8) is 0 Å². The molecule has 1 saturated heterocycles. The fourth-order valence-electron chi connectivity index (χ4n) is 4.50. The first-order valence-corrected chi connectivity index (χ1v) is 10.0. The van der Waals surface area contributed by atoms with E-state index in [1.54, 1.807) is 6.07 Å². The van der Waals surface area contributed by atoms with Gasteiger partial charge in [-0.15, -0.1) is 0 Å². The number of benzene rings is 2. The third-order valence-electron chi connectivity index (χ3n) is 5.98. The average Bonchev–Trinajstić information content (AvgIpc) is 3.39. The fraction of sp³-hybridized carbons (Fsp3) is 0.304. The Morgan fingerprint density at radius 1 is 1.24 bits per heavy atom. The lowest BCUT2D eigenvalue weighted by Gasteiger charge is -2.23. The van der Waals surface area contributed by atoms with Crippen molar-refractivity contribution in [2.45, 2.75) is 39.2 Å². The minimum Gasteiger partial charge on any atom is -0.356 e. The number of likely N-dealkylation sites (tertiary alicyclic amines) is 1. The van der Waals surface area contributed by atoms with Gasteiger partial charge in [0, 0.05) is 17.6 Å². The number of nitrogens with zero attached hydrogens (tertiary/aromatic N) is 2. The van der Waals surface area contributed by atoms with Crippen LogP contribution in [0.1, 0.15) is 41.5 Å². The van der Waals surface area contributed by atoms with E-state index in [-0.39, 0.29) is 24.2 Å². The molecule has 2 N–H and O–H groups in total. The van der Waals surface area contributed by atoms with Gasteiger partial charge in [-0.3, -0.25) is 4.79 Å². The van der Waals surface area contributed by atoms with Crippen LogP contribution in [0.5, 0.6) is 0 Å². The Hall–Kier alpha value is -3.15. The quantitative estimate of drug-likeness (QED) is 0.532. The first-order valence-electron chi connectivity index (χ1n) is 10.0. The zero-order valence-electron chi connectivity index (χ0n) is 16.6. The molecule has 0 aliphatic carbocycles. The van der Waals surface area contributed by atoms with Crippen LogP contribution in [0, 0.1) is 19.7 Å². The predicted octanol–water partition coefficient (Wildman–Crippen LogP) is 4.71. The first kappa shape index (κ1) is 17.9. The molecule has 5 nitrogen and oxygen atoms in total. The molecule has 0 radical (unpaired) electrons. The average molecular weight is 390 g/mol. The second kappa shape index (κ2) is 6.72. The number of aromatic nitrogens is 3. The summed E-state index contributed by atoms with van der Waals surface area (Å²) >= 11 is 0. The maximum absolute atomic E-state index is 14.1. The van der Waals surface area contributed by atoms with Crippen LogP contribution in [0.2, 0.25) is 0 Å². The molecule has 0 saturated carbocycles. The number of carbonyl (C=O) groups excluding carboxylic acids is 1. The molecule has 1 atom stereocenters. The monoisotopic (exact) mass is 390 g/mol. The molecule has 1 aliphatic rings. The number of amides is 1. The van der Waals surface area contributed by atoms with Gasteiger partial charge in [-0.25, -0.2) is 9.37 Å². The standard InChI is InChI=1S/C23H23FN4O/c1-13-8-9-18-19(11-13)27-23(26-18)20-7-4-10-28(20)21(29)12-16-14(2)25-22-15(16)5-3-6-17(22)24/h3,5-6,8-9,11,20,25H,4,7,10,12H2,1-2H3,(H,26,27)/t20-/m1/s1. The Morgan fingerprint density at radius 2 is 2.10 bits per heavy atom. The summed E-state index contributed by atoms with van der Waals surface area (Å²) in [6.45, 7) is 4.66. The fourth-order valence-corrected chi connectivity index (χ4v) is 4.50. The second-order valence-corrected chi connectivity index (χ2v) is 7.96. The number of imidazole rings is 1. The van der Waals surface area contributed by atoms with Gasteiger partial charge >= 0.3 is 0 Å². The number of carbonyl (C=O) groups is 1.